The summed E-state index contributed by atoms with van der Waals surface area (Å²) in [5.41, 5.74) is 1.04. The predicted octanol–water partition coefficient (Wildman–Crippen LogP) is 2.27. The molecule has 0 spiro atoms. The Kier molecular flexibility index (Phi) is 3.38. The Hall–Kier alpha value is -1.35. The summed E-state index contributed by atoms with van der Waals surface area (Å²) in [6, 6.07) is 3.55. The Morgan fingerprint density at radius 2 is 1.88 bits per heavy atom. The van der Waals surface area contributed by atoms with Crippen molar-refractivity contribution in [2.24, 2.45) is 0 Å². The molecule has 0 aliphatic rings. The van der Waals surface area contributed by atoms with Crippen LogP contribution in [0.15, 0.2) is 12.1 Å². The van der Waals surface area contributed by atoms with Gasteiger partial charge in [-0.3, -0.25) is 4.79 Å². The monoisotopic (exact) mass is 222 g/mol. The van der Waals surface area contributed by atoms with Gasteiger partial charge in [0, 0.05) is 0 Å². The lowest BCUT2D eigenvalue weighted by atomic mass is 9.93. The summed E-state index contributed by atoms with van der Waals surface area (Å²) in [6.45, 7) is 6.81. The SMILES string of the molecule is COc1c(C(=O)C(C)(C)O)ccc(C)c1C. The van der Waals surface area contributed by atoms with E-state index >= 15 is 0 Å². The smallest absolute Gasteiger partial charge is 0.197 e. The number of methoxy groups -OCH3 is 1. The summed E-state index contributed by atoms with van der Waals surface area (Å²) in [7, 11) is 1.53. The Morgan fingerprint density at radius 3 is 2.31 bits per heavy atom. The highest BCUT2D eigenvalue weighted by atomic mass is 16.5. The van der Waals surface area contributed by atoms with Crippen molar-refractivity contribution in [2.45, 2.75) is 33.3 Å². The molecule has 1 aromatic carbocycles. The molecule has 3 nitrogen and oxygen atoms in total. The van der Waals surface area contributed by atoms with Crippen molar-refractivity contribution in [1.29, 1.82) is 0 Å². The van der Waals surface area contributed by atoms with Gasteiger partial charge in [-0.05, 0) is 44.9 Å². The van der Waals surface area contributed by atoms with Gasteiger partial charge in [0.1, 0.15) is 11.4 Å². The molecule has 1 aromatic rings. The van der Waals surface area contributed by atoms with Gasteiger partial charge < -0.3 is 9.84 Å². The quantitative estimate of drug-likeness (QED) is 0.798. The van der Waals surface area contributed by atoms with Crippen LogP contribution in [0.1, 0.15) is 35.3 Å². The predicted molar refractivity (Wildman–Crippen MR) is 63.1 cm³/mol. The van der Waals surface area contributed by atoms with Crippen molar-refractivity contribution >= 4 is 5.78 Å². The molecule has 16 heavy (non-hydrogen) atoms. The molecule has 0 aromatic heterocycles. The van der Waals surface area contributed by atoms with E-state index in [1.165, 1.54) is 21.0 Å². The van der Waals surface area contributed by atoms with Crippen molar-refractivity contribution < 1.29 is 14.6 Å². The third-order valence-corrected chi connectivity index (χ3v) is 2.68. The van der Waals surface area contributed by atoms with E-state index in [9.17, 15) is 9.90 Å². The molecule has 3 heteroatoms. The second-order valence-corrected chi connectivity index (χ2v) is 4.48. The van der Waals surface area contributed by atoms with Crippen LogP contribution in [0, 0.1) is 13.8 Å². The number of hydrogen-bond acceptors (Lipinski definition) is 3. The second-order valence-electron chi connectivity index (χ2n) is 4.48. The number of aliphatic hydroxyl groups is 1. The summed E-state index contributed by atoms with van der Waals surface area (Å²) in [5.74, 6) is 0.222. The van der Waals surface area contributed by atoms with Crippen LogP contribution in [0.2, 0.25) is 0 Å². The molecular weight excluding hydrogens is 204 g/mol. The second kappa shape index (κ2) is 4.26. The fraction of sp³-hybridized carbons (Fsp3) is 0.462. The van der Waals surface area contributed by atoms with Gasteiger partial charge in [0.25, 0.3) is 0 Å². The normalized spacial score (nSPS) is 11.4. The first kappa shape index (κ1) is 12.7. The fourth-order valence-corrected chi connectivity index (χ4v) is 1.56. The molecule has 0 aliphatic carbocycles. The molecule has 0 saturated carbocycles. The van der Waals surface area contributed by atoms with E-state index in [4.69, 9.17) is 4.74 Å². The van der Waals surface area contributed by atoms with E-state index in [0.717, 1.165) is 11.1 Å². The zero-order valence-corrected chi connectivity index (χ0v) is 10.4. The highest BCUT2D eigenvalue weighted by Gasteiger charge is 2.28. The minimum Gasteiger partial charge on any atom is -0.496 e. The lowest BCUT2D eigenvalue weighted by Crippen LogP contribution is -2.31. The Balaban J connectivity index is 3.36. The first-order chi connectivity index (χ1) is 7.29. The van der Waals surface area contributed by atoms with Crippen molar-refractivity contribution in [1.82, 2.24) is 0 Å². The van der Waals surface area contributed by atoms with Gasteiger partial charge in [-0.15, -0.1) is 0 Å². The van der Waals surface area contributed by atoms with E-state index in [1.54, 1.807) is 6.07 Å². The van der Waals surface area contributed by atoms with Crippen molar-refractivity contribution in [2.75, 3.05) is 7.11 Å². The maximum atomic E-state index is 12.0. The average molecular weight is 222 g/mol. The van der Waals surface area contributed by atoms with Gasteiger partial charge in [0.15, 0.2) is 5.78 Å². The molecule has 0 fully saturated rings. The summed E-state index contributed by atoms with van der Waals surface area (Å²) >= 11 is 0. The fourth-order valence-electron chi connectivity index (χ4n) is 1.56. The van der Waals surface area contributed by atoms with E-state index in [0.29, 0.717) is 11.3 Å². The molecule has 0 heterocycles. The number of ether oxygens (including phenoxy) is 1. The van der Waals surface area contributed by atoms with Gasteiger partial charge in [0.2, 0.25) is 0 Å². The van der Waals surface area contributed by atoms with E-state index in [1.807, 2.05) is 19.9 Å². The van der Waals surface area contributed by atoms with Crippen LogP contribution in [0.3, 0.4) is 0 Å². The molecule has 0 unspecified atom stereocenters. The van der Waals surface area contributed by atoms with Crippen molar-refractivity contribution in [3.63, 3.8) is 0 Å². The lowest BCUT2D eigenvalue weighted by molar-refractivity contribution is 0.0484. The van der Waals surface area contributed by atoms with Crippen LogP contribution < -0.4 is 4.74 Å². The number of carbonyl (C=O) groups is 1. The number of carbonyl (C=O) groups excluding carboxylic acids is 1. The first-order valence-corrected chi connectivity index (χ1v) is 5.20. The Labute approximate surface area is 96.1 Å². The molecule has 0 amide bonds. The number of rotatable bonds is 3. The first-order valence-electron chi connectivity index (χ1n) is 5.20. The number of hydrogen-bond donors (Lipinski definition) is 1. The Bertz CT molecular complexity index is 414. The minimum absolute atomic E-state index is 0.326. The summed E-state index contributed by atoms with van der Waals surface area (Å²) in [5, 5.41) is 9.71. The molecule has 1 N–H and O–H groups in total. The zero-order valence-electron chi connectivity index (χ0n) is 10.4. The topological polar surface area (TPSA) is 46.5 Å². The van der Waals surface area contributed by atoms with Crippen LogP contribution in [-0.2, 0) is 0 Å². The molecule has 88 valence electrons. The molecule has 0 saturated heterocycles. The largest absolute Gasteiger partial charge is 0.496 e. The van der Waals surface area contributed by atoms with Crippen molar-refractivity contribution in [3.05, 3.63) is 28.8 Å². The van der Waals surface area contributed by atoms with Gasteiger partial charge in [-0.1, -0.05) is 6.07 Å². The maximum Gasteiger partial charge on any atom is 0.197 e. The number of Topliss-reactive ketones (excluding diaryl/α,β-unsaturated/α-hetero) is 1. The van der Waals surface area contributed by atoms with E-state index < -0.39 is 5.60 Å². The van der Waals surface area contributed by atoms with E-state index in [-0.39, 0.29) is 5.78 Å². The highest BCUT2D eigenvalue weighted by molar-refractivity contribution is 6.04. The number of aryl methyl sites for hydroxylation is 1. The van der Waals surface area contributed by atoms with Gasteiger partial charge in [-0.2, -0.15) is 0 Å². The lowest BCUT2D eigenvalue weighted by Gasteiger charge is -2.19. The molecule has 0 radical (unpaired) electrons. The van der Waals surface area contributed by atoms with Crippen LogP contribution in [-0.4, -0.2) is 23.6 Å². The van der Waals surface area contributed by atoms with E-state index in [2.05, 4.69) is 0 Å². The summed E-state index contributed by atoms with van der Waals surface area (Å²) in [4.78, 5) is 12.0. The van der Waals surface area contributed by atoms with Crippen molar-refractivity contribution in [3.8, 4) is 5.75 Å². The minimum atomic E-state index is -1.38. The summed E-state index contributed by atoms with van der Waals surface area (Å²) < 4.78 is 5.24. The summed E-state index contributed by atoms with van der Waals surface area (Å²) in [6.07, 6.45) is 0. The molecule has 0 aliphatic heterocycles. The highest BCUT2D eigenvalue weighted by Crippen LogP contribution is 2.28. The van der Waals surface area contributed by atoms with Crippen LogP contribution in [0.25, 0.3) is 0 Å². The van der Waals surface area contributed by atoms with Gasteiger partial charge >= 0.3 is 0 Å². The average Bonchev–Trinajstić information content (AvgIpc) is 2.19. The number of benzene rings is 1. The van der Waals surface area contributed by atoms with Gasteiger partial charge in [-0.25, -0.2) is 0 Å². The molecule has 1 rings (SSSR count). The third-order valence-electron chi connectivity index (χ3n) is 2.68. The van der Waals surface area contributed by atoms with Crippen LogP contribution in [0.4, 0.5) is 0 Å². The Morgan fingerprint density at radius 1 is 1.31 bits per heavy atom. The molecule has 0 atom stereocenters. The van der Waals surface area contributed by atoms with Crippen LogP contribution in [0.5, 0.6) is 5.75 Å². The maximum absolute atomic E-state index is 12.0. The third kappa shape index (κ3) is 2.25. The van der Waals surface area contributed by atoms with Gasteiger partial charge in [0.05, 0.1) is 12.7 Å². The number of ketones is 1. The molecular formula is C13H18O3. The van der Waals surface area contributed by atoms with Crippen LogP contribution >= 0.6 is 0 Å². The molecule has 0 bridgehead atoms. The standard InChI is InChI=1S/C13H18O3/c1-8-6-7-10(11(16-5)9(8)2)12(14)13(3,4)15/h6-7,15H,1-5H3. The zero-order chi connectivity index (χ0) is 12.5.